The molecule has 0 fully saturated rings. The van der Waals surface area contributed by atoms with E-state index < -0.39 is 5.97 Å². The molecule has 0 bridgehead atoms. The zero-order chi connectivity index (χ0) is 14.3. The van der Waals surface area contributed by atoms with E-state index in [1.807, 2.05) is 0 Å². The van der Waals surface area contributed by atoms with Gasteiger partial charge in [-0.1, -0.05) is 0 Å². The summed E-state index contributed by atoms with van der Waals surface area (Å²) in [6, 6.07) is 7.18. The fraction of sp³-hybridized carbons (Fsp3) is 0.0714. The Morgan fingerprint density at radius 1 is 1.30 bits per heavy atom. The van der Waals surface area contributed by atoms with E-state index in [0.29, 0.717) is 28.0 Å². The fourth-order valence-corrected chi connectivity index (χ4v) is 2.11. The summed E-state index contributed by atoms with van der Waals surface area (Å²) in [5, 5.41) is 16.5. The van der Waals surface area contributed by atoms with Gasteiger partial charge in [-0.3, -0.25) is 5.10 Å². The van der Waals surface area contributed by atoms with E-state index in [-0.39, 0.29) is 11.4 Å². The maximum Gasteiger partial charge on any atom is 0.336 e. The molecule has 0 atom stereocenters. The molecule has 0 aliphatic rings. The molecule has 1 aromatic carbocycles. The summed E-state index contributed by atoms with van der Waals surface area (Å²) in [4.78, 5) is 15.7. The first-order chi connectivity index (χ1) is 9.56. The lowest BCUT2D eigenvalue weighted by atomic mass is 10.1. The van der Waals surface area contributed by atoms with E-state index in [1.54, 1.807) is 19.1 Å². The number of H-pyrrole nitrogens is 1. The van der Waals surface area contributed by atoms with Crippen molar-refractivity contribution in [2.45, 2.75) is 6.92 Å². The van der Waals surface area contributed by atoms with Gasteiger partial charge in [-0.05, 0) is 37.3 Å². The van der Waals surface area contributed by atoms with Crippen molar-refractivity contribution in [3.05, 3.63) is 47.4 Å². The third kappa shape index (κ3) is 1.91. The highest BCUT2D eigenvalue weighted by atomic mass is 19.1. The number of aromatic amines is 1. The van der Waals surface area contributed by atoms with Crippen molar-refractivity contribution in [3.8, 4) is 11.3 Å². The Bertz CT molecular complexity index is 809. The Balaban J connectivity index is 2.27. The number of aromatic nitrogens is 3. The van der Waals surface area contributed by atoms with Crippen LogP contribution in [0.3, 0.4) is 0 Å². The predicted octanol–water partition coefficient (Wildman–Crippen LogP) is 2.77. The summed E-state index contributed by atoms with van der Waals surface area (Å²) in [7, 11) is 0. The molecule has 20 heavy (non-hydrogen) atoms. The number of hydrogen-bond acceptors (Lipinski definition) is 3. The van der Waals surface area contributed by atoms with Gasteiger partial charge in [0.1, 0.15) is 5.82 Å². The van der Waals surface area contributed by atoms with Crippen molar-refractivity contribution >= 4 is 17.0 Å². The zero-order valence-corrected chi connectivity index (χ0v) is 10.5. The lowest BCUT2D eigenvalue weighted by Gasteiger charge is -2.04. The second-order valence-corrected chi connectivity index (χ2v) is 4.41. The van der Waals surface area contributed by atoms with Crippen molar-refractivity contribution in [3.63, 3.8) is 0 Å². The van der Waals surface area contributed by atoms with Crippen molar-refractivity contribution in [1.82, 2.24) is 15.2 Å². The van der Waals surface area contributed by atoms with Crippen LogP contribution in [-0.2, 0) is 0 Å². The van der Waals surface area contributed by atoms with Gasteiger partial charge in [-0.2, -0.15) is 5.10 Å². The van der Waals surface area contributed by atoms with Crippen LogP contribution in [0.1, 0.15) is 16.1 Å². The van der Waals surface area contributed by atoms with E-state index >= 15 is 0 Å². The average molecular weight is 271 g/mol. The highest BCUT2D eigenvalue weighted by Crippen LogP contribution is 2.25. The Hall–Kier alpha value is -2.76. The molecule has 0 aliphatic heterocycles. The lowest BCUT2D eigenvalue weighted by Crippen LogP contribution is -2.00. The molecule has 0 spiro atoms. The van der Waals surface area contributed by atoms with Gasteiger partial charge in [-0.25, -0.2) is 14.2 Å². The minimum absolute atomic E-state index is 0.126. The molecule has 2 N–H and O–H groups in total. The van der Waals surface area contributed by atoms with Crippen LogP contribution in [0.5, 0.6) is 0 Å². The largest absolute Gasteiger partial charge is 0.478 e. The number of carboxylic acids is 1. The summed E-state index contributed by atoms with van der Waals surface area (Å²) in [5.74, 6) is -1.41. The maximum absolute atomic E-state index is 12.9. The first-order valence-corrected chi connectivity index (χ1v) is 5.91. The minimum Gasteiger partial charge on any atom is -0.478 e. The molecular formula is C14H10FN3O2. The second kappa shape index (κ2) is 4.41. The van der Waals surface area contributed by atoms with Crippen molar-refractivity contribution < 1.29 is 14.3 Å². The number of pyridine rings is 1. The van der Waals surface area contributed by atoms with Crippen LogP contribution >= 0.6 is 0 Å². The van der Waals surface area contributed by atoms with Crippen LogP contribution in [0.2, 0.25) is 0 Å². The van der Waals surface area contributed by atoms with Gasteiger partial charge >= 0.3 is 5.97 Å². The predicted molar refractivity (Wildman–Crippen MR) is 71.0 cm³/mol. The molecule has 0 saturated heterocycles. The third-order valence-corrected chi connectivity index (χ3v) is 3.08. The van der Waals surface area contributed by atoms with Crippen molar-refractivity contribution in [2.75, 3.05) is 0 Å². The molecule has 0 unspecified atom stereocenters. The number of nitrogens with zero attached hydrogens (tertiary/aromatic N) is 2. The first-order valence-electron chi connectivity index (χ1n) is 5.91. The van der Waals surface area contributed by atoms with E-state index in [2.05, 4.69) is 15.2 Å². The van der Waals surface area contributed by atoms with Gasteiger partial charge in [0, 0.05) is 11.3 Å². The molecule has 100 valence electrons. The number of benzene rings is 1. The van der Waals surface area contributed by atoms with Gasteiger partial charge in [0.15, 0.2) is 5.65 Å². The molecule has 0 amide bonds. The van der Waals surface area contributed by atoms with Gasteiger partial charge < -0.3 is 5.11 Å². The molecule has 0 aliphatic carbocycles. The highest BCUT2D eigenvalue weighted by Gasteiger charge is 2.16. The summed E-state index contributed by atoms with van der Waals surface area (Å²) < 4.78 is 12.9. The van der Waals surface area contributed by atoms with Gasteiger partial charge in [0.2, 0.25) is 0 Å². The molecule has 0 radical (unpaired) electrons. The number of hydrogen-bond donors (Lipinski definition) is 2. The minimum atomic E-state index is -1.05. The monoisotopic (exact) mass is 271 g/mol. The van der Waals surface area contributed by atoms with Crippen molar-refractivity contribution in [2.24, 2.45) is 0 Å². The quantitative estimate of drug-likeness (QED) is 0.751. The number of fused-ring (bicyclic) bond motifs is 1. The van der Waals surface area contributed by atoms with Crippen LogP contribution < -0.4 is 0 Å². The third-order valence-electron chi connectivity index (χ3n) is 3.08. The molecule has 2 heterocycles. The molecule has 3 rings (SSSR count). The van der Waals surface area contributed by atoms with Gasteiger partial charge in [-0.15, -0.1) is 0 Å². The molecule has 5 nitrogen and oxygen atoms in total. The number of rotatable bonds is 2. The Kier molecular flexibility index (Phi) is 2.71. The molecule has 6 heteroatoms. The normalized spacial score (nSPS) is 10.9. The Labute approximate surface area is 113 Å². The van der Waals surface area contributed by atoms with Crippen LogP contribution in [0, 0.1) is 12.7 Å². The first kappa shape index (κ1) is 12.3. The SMILES string of the molecule is Cc1[nH]nc2nc(-c3ccc(F)cc3)cc(C(=O)O)c12. The van der Waals surface area contributed by atoms with E-state index in [4.69, 9.17) is 0 Å². The number of nitrogens with one attached hydrogen (secondary N) is 1. The highest BCUT2D eigenvalue weighted by molar-refractivity contribution is 6.03. The number of aryl methyl sites for hydroxylation is 1. The number of carbonyl (C=O) groups is 1. The summed E-state index contributed by atoms with van der Waals surface area (Å²) in [5.41, 5.74) is 2.19. The number of aromatic carboxylic acids is 1. The summed E-state index contributed by atoms with van der Waals surface area (Å²) in [6.07, 6.45) is 0. The van der Waals surface area contributed by atoms with Crippen LogP contribution in [-0.4, -0.2) is 26.3 Å². The molecule has 3 aromatic rings. The second-order valence-electron chi connectivity index (χ2n) is 4.41. The topological polar surface area (TPSA) is 78.9 Å². The van der Waals surface area contributed by atoms with Crippen LogP contribution in [0.25, 0.3) is 22.3 Å². The molecule has 0 saturated carbocycles. The lowest BCUT2D eigenvalue weighted by molar-refractivity contribution is 0.0699. The Morgan fingerprint density at radius 2 is 2.00 bits per heavy atom. The van der Waals surface area contributed by atoms with Gasteiger partial charge in [0.25, 0.3) is 0 Å². The van der Waals surface area contributed by atoms with Crippen molar-refractivity contribution in [1.29, 1.82) is 0 Å². The van der Waals surface area contributed by atoms with Crippen LogP contribution in [0.15, 0.2) is 30.3 Å². The standard InChI is InChI=1S/C14H10FN3O2/c1-7-12-10(14(19)20)6-11(16-13(12)18-17-7)8-2-4-9(15)5-3-8/h2-6H,1H3,(H,19,20)(H,16,17,18). The molecule has 2 aromatic heterocycles. The van der Waals surface area contributed by atoms with E-state index in [9.17, 15) is 14.3 Å². The maximum atomic E-state index is 12.9. The van der Waals surface area contributed by atoms with Crippen LogP contribution in [0.4, 0.5) is 4.39 Å². The Morgan fingerprint density at radius 3 is 2.65 bits per heavy atom. The number of halogens is 1. The fourth-order valence-electron chi connectivity index (χ4n) is 2.11. The van der Waals surface area contributed by atoms with E-state index in [1.165, 1.54) is 18.2 Å². The summed E-state index contributed by atoms with van der Waals surface area (Å²) in [6.45, 7) is 1.74. The smallest absolute Gasteiger partial charge is 0.336 e. The summed E-state index contributed by atoms with van der Waals surface area (Å²) >= 11 is 0. The number of carboxylic acid groups (broad SMARTS) is 1. The van der Waals surface area contributed by atoms with Gasteiger partial charge in [0.05, 0.1) is 16.6 Å². The molecular weight excluding hydrogens is 261 g/mol. The van der Waals surface area contributed by atoms with E-state index in [0.717, 1.165) is 0 Å². The zero-order valence-electron chi connectivity index (χ0n) is 10.5. The average Bonchev–Trinajstić information content (AvgIpc) is 2.80.